The molecule has 0 aromatic carbocycles. The van der Waals surface area contributed by atoms with Gasteiger partial charge >= 0.3 is 0 Å². The third-order valence-electron chi connectivity index (χ3n) is 6.89. The van der Waals surface area contributed by atoms with Crippen LogP contribution in [0.2, 0.25) is 0 Å². The van der Waals surface area contributed by atoms with Crippen LogP contribution in [0.15, 0.2) is 22.8 Å². The number of aromatic nitrogens is 2. The molecule has 28 heavy (non-hydrogen) atoms. The van der Waals surface area contributed by atoms with Crippen molar-refractivity contribution in [3.05, 3.63) is 34.7 Å². The van der Waals surface area contributed by atoms with Gasteiger partial charge in [-0.05, 0) is 68.1 Å². The predicted octanol–water partition coefficient (Wildman–Crippen LogP) is 3.80. The number of fused-ring (bicyclic) bond motifs is 4. The first-order valence-corrected chi connectivity index (χ1v) is 11.3. The van der Waals surface area contributed by atoms with Crippen LogP contribution in [-0.4, -0.2) is 43.9 Å². The summed E-state index contributed by atoms with van der Waals surface area (Å²) in [5.74, 6) is 2.01. The zero-order valence-corrected chi connectivity index (χ0v) is 17.2. The molecule has 1 saturated heterocycles. The van der Waals surface area contributed by atoms with Crippen LogP contribution in [0.1, 0.15) is 67.8 Å². The number of rotatable bonds is 5. The molecule has 2 aromatic heterocycles. The zero-order chi connectivity index (χ0) is 19.1. The molecule has 2 aliphatic heterocycles. The Morgan fingerprint density at radius 1 is 1.29 bits per heavy atom. The summed E-state index contributed by atoms with van der Waals surface area (Å²) < 4.78 is 9.75. The molecule has 2 fully saturated rings. The normalized spacial score (nSPS) is 29.3. The molecule has 2 atom stereocenters. The van der Waals surface area contributed by atoms with Crippen LogP contribution < -0.4 is 0 Å². The SMILES string of the molecule is CC1CCC(N(CC(=O)N2C3CCC2c2snnc2C3)Cc2ccco2)CC1. The van der Waals surface area contributed by atoms with Gasteiger partial charge in [-0.3, -0.25) is 9.69 Å². The molecule has 1 saturated carbocycles. The van der Waals surface area contributed by atoms with Gasteiger partial charge in [0.2, 0.25) is 5.91 Å². The van der Waals surface area contributed by atoms with Crippen molar-refractivity contribution in [1.29, 1.82) is 0 Å². The van der Waals surface area contributed by atoms with Gasteiger partial charge in [-0.2, -0.15) is 0 Å². The average molecular weight is 401 g/mol. The van der Waals surface area contributed by atoms with E-state index in [2.05, 4.69) is 26.3 Å². The van der Waals surface area contributed by atoms with Gasteiger partial charge in [-0.25, -0.2) is 0 Å². The fourth-order valence-corrected chi connectivity index (χ4v) is 6.14. The Kier molecular flexibility index (Phi) is 4.97. The van der Waals surface area contributed by atoms with Crippen LogP contribution >= 0.6 is 11.5 Å². The maximum absolute atomic E-state index is 13.5. The van der Waals surface area contributed by atoms with E-state index >= 15 is 0 Å². The standard InChI is InChI=1S/C21H28N4O2S/c1-14-4-6-15(7-5-14)24(12-17-3-2-10-27-17)13-20(26)25-16-8-9-19(25)21-18(11-16)22-23-28-21/h2-3,10,14-16,19H,4-9,11-13H2,1H3. The highest BCUT2D eigenvalue weighted by molar-refractivity contribution is 7.05. The van der Waals surface area contributed by atoms with Crippen molar-refractivity contribution in [1.82, 2.24) is 19.4 Å². The second-order valence-corrected chi connectivity index (χ2v) is 9.52. The Hall–Kier alpha value is -1.73. The molecule has 4 heterocycles. The second kappa shape index (κ2) is 7.59. The van der Waals surface area contributed by atoms with Gasteiger partial charge in [0, 0.05) is 18.5 Å². The monoisotopic (exact) mass is 400 g/mol. The number of hydrogen-bond donors (Lipinski definition) is 0. The van der Waals surface area contributed by atoms with Gasteiger partial charge in [0.1, 0.15) is 5.76 Å². The van der Waals surface area contributed by atoms with E-state index in [1.54, 1.807) is 6.26 Å². The quantitative estimate of drug-likeness (QED) is 0.764. The fourth-order valence-electron chi connectivity index (χ4n) is 5.33. The largest absolute Gasteiger partial charge is 0.468 e. The second-order valence-electron chi connectivity index (χ2n) is 8.73. The summed E-state index contributed by atoms with van der Waals surface area (Å²) in [6.45, 7) is 3.53. The lowest BCUT2D eigenvalue weighted by atomic mass is 9.86. The van der Waals surface area contributed by atoms with E-state index in [0.29, 0.717) is 25.2 Å². The van der Waals surface area contributed by atoms with Crippen molar-refractivity contribution in [3.8, 4) is 0 Å². The third-order valence-corrected chi connectivity index (χ3v) is 7.75. The fraction of sp³-hybridized carbons (Fsp3) is 0.667. The van der Waals surface area contributed by atoms with Crippen LogP contribution in [0.5, 0.6) is 0 Å². The lowest BCUT2D eigenvalue weighted by Crippen LogP contribution is -2.49. The molecule has 2 unspecified atom stereocenters. The maximum Gasteiger partial charge on any atom is 0.237 e. The summed E-state index contributed by atoms with van der Waals surface area (Å²) in [5, 5.41) is 4.29. The number of carbonyl (C=O) groups is 1. The van der Waals surface area contributed by atoms with Crippen LogP contribution in [-0.2, 0) is 17.8 Å². The Balaban J connectivity index is 1.33. The van der Waals surface area contributed by atoms with Crippen molar-refractivity contribution in [2.75, 3.05) is 6.54 Å². The molecule has 3 aliphatic rings. The van der Waals surface area contributed by atoms with Crippen molar-refractivity contribution < 1.29 is 9.21 Å². The van der Waals surface area contributed by atoms with Crippen LogP contribution in [0.3, 0.4) is 0 Å². The van der Waals surface area contributed by atoms with Crippen LogP contribution in [0.4, 0.5) is 0 Å². The summed E-state index contributed by atoms with van der Waals surface area (Å²) in [6.07, 6.45) is 9.56. The summed E-state index contributed by atoms with van der Waals surface area (Å²) >= 11 is 1.47. The van der Waals surface area contributed by atoms with Gasteiger partial charge in [-0.15, -0.1) is 5.10 Å². The smallest absolute Gasteiger partial charge is 0.237 e. The van der Waals surface area contributed by atoms with E-state index in [0.717, 1.165) is 36.6 Å². The molecule has 0 radical (unpaired) electrons. The van der Waals surface area contributed by atoms with E-state index in [-0.39, 0.29) is 11.9 Å². The molecule has 0 N–H and O–H groups in total. The summed E-state index contributed by atoms with van der Waals surface area (Å²) in [7, 11) is 0. The molecule has 6 nitrogen and oxygen atoms in total. The molecule has 7 heteroatoms. The molecule has 0 spiro atoms. The lowest BCUT2D eigenvalue weighted by molar-refractivity contribution is -0.137. The highest BCUT2D eigenvalue weighted by Crippen LogP contribution is 2.44. The summed E-state index contributed by atoms with van der Waals surface area (Å²) in [5.41, 5.74) is 1.12. The number of furan rings is 1. The van der Waals surface area contributed by atoms with Gasteiger partial charge < -0.3 is 9.32 Å². The van der Waals surface area contributed by atoms with Gasteiger partial charge in [0.25, 0.3) is 0 Å². The minimum absolute atomic E-state index is 0.193. The first-order valence-electron chi connectivity index (χ1n) is 10.6. The van der Waals surface area contributed by atoms with Crippen molar-refractivity contribution >= 4 is 17.4 Å². The molecular formula is C21H28N4O2S. The number of nitrogens with zero attached hydrogens (tertiary/aromatic N) is 4. The molecule has 1 aliphatic carbocycles. The van der Waals surface area contributed by atoms with Crippen LogP contribution in [0.25, 0.3) is 0 Å². The Labute approximate surface area is 170 Å². The minimum atomic E-state index is 0.193. The molecule has 2 aromatic rings. The highest BCUT2D eigenvalue weighted by atomic mass is 32.1. The number of hydrogen-bond acceptors (Lipinski definition) is 6. The maximum atomic E-state index is 13.5. The molecule has 1 amide bonds. The predicted molar refractivity (Wildman–Crippen MR) is 107 cm³/mol. The van der Waals surface area contributed by atoms with E-state index in [1.165, 1.54) is 42.1 Å². The highest BCUT2D eigenvalue weighted by Gasteiger charge is 2.45. The Morgan fingerprint density at radius 3 is 2.93 bits per heavy atom. The zero-order valence-electron chi connectivity index (χ0n) is 16.4. The molecule has 2 bridgehead atoms. The lowest BCUT2D eigenvalue weighted by Gasteiger charge is -2.39. The van der Waals surface area contributed by atoms with Gasteiger partial charge in [0.05, 0.1) is 36.0 Å². The first-order chi connectivity index (χ1) is 13.7. The van der Waals surface area contributed by atoms with Crippen molar-refractivity contribution in [2.45, 2.75) is 76.5 Å². The molecular weight excluding hydrogens is 372 g/mol. The Bertz CT molecular complexity index is 812. The van der Waals surface area contributed by atoms with Crippen molar-refractivity contribution in [3.63, 3.8) is 0 Å². The van der Waals surface area contributed by atoms with Crippen LogP contribution in [0, 0.1) is 5.92 Å². The van der Waals surface area contributed by atoms with E-state index in [9.17, 15) is 4.79 Å². The molecule has 5 rings (SSSR count). The topological polar surface area (TPSA) is 62.5 Å². The van der Waals surface area contributed by atoms with E-state index < -0.39 is 0 Å². The van der Waals surface area contributed by atoms with Crippen molar-refractivity contribution in [2.24, 2.45) is 5.92 Å². The average Bonchev–Trinajstić information content (AvgIpc) is 3.43. The van der Waals surface area contributed by atoms with Gasteiger partial charge in [0.15, 0.2) is 0 Å². The minimum Gasteiger partial charge on any atom is -0.468 e. The molecule has 150 valence electrons. The van der Waals surface area contributed by atoms with Gasteiger partial charge in [-0.1, -0.05) is 11.4 Å². The number of carbonyl (C=O) groups excluding carboxylic acids is 1. The number of amides is 1. The summed E-state index contributed by atoms with van der Waals surface area (Å²) in [4.78, 5) is 19.2. The first kappa shape index (κ1) is 18.3. The Morgan fingerprint density at radius 2 is 2.14 bits per heavy atom. The van der Waals surface area contributed by atoms with E-state index in [1.807, 2.05) is 12.1 Å². The van der Waals surface area contributed by atoms with E-state index in [4.69, 9.17) is 4.42 Å². The third kappa shape index (κ3) is 3.39. The summed E-state index contributed by atoms with van der Waals surface area (Å²) in [6, 6.07) is 4.90.